The molecular weight excluding hydrogens is 376 g/mol. The monoisotopic (exact) mass is 402 g/mol. The molecule has 0 bridgehead atoms. The lowest BCUT2D eigenvalue weighted by Crippen LogP contribution is -2.42. The Morgan fingerprint density at radius 2 is 1.68 bits per heavy atom. The topological polar surface area (TPSA) is 85.8 Å². The Hall–Kier alpha value is -2.57. The van der Waals surface area contributed by atoms with Gasteiger partial charge in [0.2, 0.25) is 0 Å². The highest BCUT2D eigenvalue weighted by Gasteiger charge is 2.22. The lowest BCUT2D eigenvalue weighted by molar-refractivity contribution is 0.0672. The summed E-state index contributed by atoms with van der Waals surface area (Å²) in [6, 6.07) is 16.4. The smallest absolute Gasteiger partial charge is 0.252 e. The summed E-state index contributed by atoms with van der Waals surface area (Å²) in [4.78, 5) is 16.6. The highest BCUT2D eigenvalue weighted by atomic mass is 35.5. The number of nitrogens with zero attached hydrogens (tertiary/aromatic N) is 1. The van der Waals surface area contributed by atoms with E-state index in [0.717, 1.165) is 5.56 Å². The third kappa shape index (κ3) is 6.55. The van der Waals surface area contributed by atoms with Gasteiger partial charge in [0, 0.05) is 19.6 Å². The van der Waals surface area contributed by atoms with Crippen molar-refractivity contribution in [2.45, 2.75) is 19.4 Å². The second-order valence-electron chi connectivity index (χ2n) is 6.50. The number of benzene rings is 2. The molecule has 0 saturated heterocycles. The van der Waals surface area contributed by atoms with Gasteiger partial charge in [-0.05, 0) is 31.5 Å². The number of nitrogens with one attached hydrogen (secondary N) is 3. The van der Waals surface area contributed by atoms with Gasteiger partial charge in [0.25, 0.3) is 5.91 Å². The molecule has 4 N–H and O–H groups in total. The van der Waals surface area contributed by atoms with Gasteiger partial charge in [-0.3, -0.25) is 4.79 Å². The van der Waals surface area contributed by atoms with Gasteiger partial charge in [-0.25, -0.2) is 4.99 Å². The first-order valence-electron chi connectivity index (χ1n) is 9.27. The molecule has 0 aliphatic rings. The number of halogens is 1. The average Bonchev–Trinajstić information content (AvgIpc) is 2.70. The Bertz CT molecular complexity index is 794. The number of rotatable bonds is 8. The Kier molecular flexibility index (Phi) is 8.29. The quantitative estimate of drug-likeness (QED) is 0.310. The van der Waals surface area contributed by atoms with E-state index in [1.807, 2.05) is 37.3 Å². The largest absolute Gasteiger partial charge is 0.384 e. The van der Waals surface area contributed by atoms with E-state index in [1.54, 1.807) is 31.2 Å². The number of aliphatic imine (C=N–C) groups is 1. The van der Waals surface area contributed by atoms with Crippen molar-refractivity contribution in [2.24, 2.45) is 4.99 Å². The van der Waals surface area contributed by atoms with Crippen molar-refractivity contribution in [3.63, 3.8) is 0 Å². The number of amides is 1. The zero-order valence-corrected chi connectivity index (χ0v) is 17.0. The molecule has 0 saturated carbocycles. The summed E-state index contributed by atoms with van der Waals surface area (Å²) in [6.45, 7) is 5.48. The van der Waals surface area contributed by atoms with Crippen molar-refractivity contribution in [1.82, 2.24) is 16.0 Å². The molecule has 2 rings (SSSR count). The second-order valence-corrected chi connectivity index (χ2v) is 6.90. The van der Waals surface area contributed by atoms with E-state index >= 15 is 0 Å². The molecule has 1 amide bonds. The van der Waals surface area contributed by atoms with Crippen molar-refractivity contribution < 1.29 is 9.90 Å². The fourth-order valence-corrected chi connectivity index (χ4v) is 2.78. The number of carbonyl (C=O) groups excluding carboxylic acids is 1. The molecule has 2 aromatic rings. The molecule has 2 aromatic carbocycles. The third-order valence-corrected chi connectivity index (χ3v) is 4.44. The molecule has 0 heterocycles. The summed E-state index contributed by atoms with van der Waals surface area (Å²) in [5.41, 5.74) is 0.187. The van der Waals surface area contributed by atoms with E-state index < -0.39 is 5.60 Å². The van der Waals surface area contributed by atoms with Crippen LogP contribution in [0.2, 0.25) is 5.02 Å². The molecule has 0 aliphatic carbocycles. The van der Waals surface area contributed by atoms with Crippen molar-refractivity contribution in [3.8, 4) is 0 Å². The number of hydrogen-bond donors (Lipinski definition) is 4. The SMILES string of the molecule is CCNC(=NCC(C)(O)c1ccccc1)NCCNC(=O)c1ccccc1Cl. The summed E-state index contributed by atoms with van der Waals surface area (Å²) < 4.78 is 0. The van der Waals surface area contributed by atoms with Gasteiger partial charge in [0.05, 0.1) is 17.1 Å². The van der Waals surface area contributed by atoms with E-state index in [4.69, 9.17) is 11.6 Å². The highest BCUT2D eigenvalue weighted by molar-refractivity contribution is 6.33. The van der Waals surface area contributed by atoms with Crippen LogP contribution in [0.5, 0.6) is 0 Å². The number of aliphatic hydroxyl groups is 1. The first-order valence-corrected chi connectivity index (χ1v) is 9.64. The predicted molar refractivity (Wildman–Crippen MR) is 114 cm³/mol. The maximum atomic E-state index is 12.1. The average molecular weight is 403 g/mol. The van der Waals surface area contributed by atoms with Crippen molar-refractivity contribution in [3.05, 3.63) is 70.7 Å². The third-order valence-electron chi connectivity index (χ3n) is 4.11. The van der Waals surface area contributed by atoms with Crippen molar-refractivity contribution >= 4 is 23.5 Å². The van der Waals surface area contributed by atoms with E-state index in [9.17, 15) is 9.90 Å². The van der Waals surface area contributed by atoms with Gasteiger partial charge in [-0.2, -0.15) is 0 Å². The molecule has 0 spiro atoms. The predicted octanol–water partition coefficient (Wildman–Crippen LogP) is 2.53. The van der Waals surface area contributed by atoms with Crippen molar-refractivity contribution in [1.29, 1.82) is 0 Å². The van der Waals surface area contributed by atoms with Gasteiger partial charge in [0.15, 0.2) is 5.96 Å². The summed E-state index contributed by atoms with van der Waals surface area (Å²) in [5, 5.41) is 20.2. The molecule has 150 valence electrons. The summed E-state index contributed by atoms with van der Waals surface area (Å²) in [6.07, 6.45) is 0. The van der Waals surface area contributed by atoms with Crippen LogP contribution in [-0.2, 0) is 5.60 Å². The minimum Gasteiger partial charge on any atom is -0.384 e. The fourth-order valence-electron chi connectivity index (χ4n) is 2.56. The molecular formula is C21H27ClN4O2. The van der Waals surface area contributed by atoms with Crippen LogP contribution in [0.25, 0.3) is 0 Å². The highest BCUT2D eigenvalue weighted by Crippen LogP contribution is 2.20. The summed E-state index contributed by atoms with van der Waals surface area (Å²) in [7, 11) is 0. The van der Waals surface area contributed by atoms with E-state index in [-0.39, 0.29) is 12.5 Å². The zero-order valence-electron chi connectivity index (χ0n) is 16.2. The van der Waals surface area contributed by atoms with E-state index in [1.165, 1.54) is 0 Å². The lowest BCUT2D eigenvalue weighted by atomic mass is 9.96. The van der Waals surface area contributed by atoms with Gasteiger partial charge in [0.1, 0.15) is 5.60 Å². The Morgan fingerprint density at radius 3 is 2.36 bits per heavy atom. The lowest BCUT2D eigenvalue weighted by Gasteiger charge is -2.22. The number of guanidine groups is 1. The van der Waals surface area contributed by atoms with Crippen LogP contribution in [0, 0.1) is 0 Å². The van der Waals surface area contributed by atoms with Gasteiger partial charge in [-0.1, -0.05) is 54.1 Å². The van der Waals surface area contributed by atoms with Crippen molar-refractivity contribution in [2.75, 3.05) is 26.2 Å². The van der Waals surface area contributed by atoms with E-state index in [2.05, 4.69) is 20.9 Å². The molecule has 0 fully saturated rings. The van der Waals surface area contributed by atoms with Gasteiger partial charge in [-0.15, -0.1) is 0 Å². The van der Waals surface area contributed by atoms with Gasteiger partial charge >= 0.3 is 0 Å². The minimum atomic E-state index is -1.07. The molecule has 1 unspecified atom stereocenters. The molecule has 0 aliphatic heterocycles. The minimum absolute atomic E-state index is 0.207. The normalized spacial score (nSPS) is 13.5. The van der Waals surface area contributed by atoms with Crippen LogP contribution in [0.1, 0.15) is 29.8 Å². The summed E-state index contributed by atoms with van der Waals surface area (Å²) in [5.74, 6) is 0.354. The zero-order chi connectivity index (χ0) is 20.4. The van der Waals surface area contributed by atoms with Crippen LogP contribution in [0.15, 0.2) is 59.6 Å². The second kappa shape index (κ2) is 10.7. The molecule has 28 heavy (non-hydrogen) atoms. The molecule has 6 nitrogen and oxygen atoms in total. The number of carbonyl (C=O) groups is 1. The Balaban J connectivity index is 1.86. The summed E-state index contributed by atoms with van der Waals surface area (Å²) >= 11 is 6.03. The van der Waals surface area contributed by atoms with Crippen LogP contribution < -0.4 is 16.0 Å². The van der Waals surface area contributed by atoms with Crippen LogP contribution in [0.4, 0.5) is 0 Å². The maximum absolute atomic E-state index is 12.1. The first kappa shape index (κ1) is 21.7. The Labute approximate surface area is 171 Å². The molecule has 0 aromatic heterocycles. The number of hydrogen-bond acceptors (Lipinski definition) is 3. The molecule has 1 atom stereocenters. The van der Waals surface area contributed by atoms with E-state index in [0.29, 0.717) is 36.2 Å². The standard InChI is InChI=1S/C21H27ClN4O2/c1-3-23-20(26-15-21(2,28)16-9-5-4-6-10-16)25-14-13-24-19(27)17-11-7-8-12-18(17)22/h4-12,28H,3,13-15H2,1-2H3,(H,24,27)(H2,23,25,26). The molecule has 7 heteroatoms. The van der Waals surface area contributed by atoms with Crippen LogP contribution >= 0.6 is 11.6 Å². The maximum Gasteiger partial charge on any atom is 0.252 e. The Morgan fingerprint density at radius 1 is 1.04 bits per heavy atom. The van der Waals surface area contributed by atoms with Gasteiger partial charge < -0.3 is 21.1 Å². The fraction of sp³-hybridized carbons (Fsp3) is 0.333. The van der Waals surface area contributed by atoms with Crippen LogP contribution in [0.3, 0.4) is 0 Å². The van der Waals surface area contributed by atoms with Crippen LogP contribution in [-0.4, -0.2) is 43.2 Å². The first-order chi connectivity index (χ1) is 13.4. The molecule has 0 radical (unpaired) electrons.